The third-order valence-corrected chi connectivity index (χ3v) is 13.3. The number of ether oxygens (including phenoxy) is 3. The number of phosphoric ester groups is 1. The molecule has 3 N–H and O–H groups in total. The van der Waals surface area contributed by atoms with Gasteiger partial charge < -0.3 is 24.8 Å². The van der Waals surface area contributed by atoms with Gasteiger partial charge in [0.2, 0.25) is 0 Å². The second-order valence-corrected chi connectivity index (χ2v) is 19.1. The molecule has 4 atom stereocenters. The van der Waals surface area contributed by atoms with Gasteiger partial charge in [0.25, 0.3) is 0 Å². The van der Waals surface area contributed by atoms with Gasteiger partial charge in [-0.05, 0) is 82.5 Å². The number of hydrogen-bond acceptors (Lipinski definition) is 7. The van der Waals surface area contributed by atoms with E-state index < -0.39 is 13.6 Å². The standard InChI is InChI=1S/C49H88NO7P/c1-3-5-7-9-11-13-15-17-19-21-23-25-27-29-31-33-35-48(36-34-32-30-28-26-24-22-20-18-16-14-12-10-8-6-4-2)43-49(44-48)56-46-41-45(42-47(46)57-49)53-39-40-55-58(51,52)54-38-37-50/h11-14,17-20,45-47H,3-10,15-16,21-44,50H2,1-2H3,(H,51,52)/b13-11-,14-12-,19-17-,20-18-/t45?,46-,47+. The van der Waals surface area contributed by atoms with E-state index in [0.29, 0.717) is 5.41 Å². The van der Waals surface area contributed by atoms with Crippen molar-refractivity contribution in [2.24, 2.45) is 11.1 Å². The summed E-state index contributed by atoms with van der Waals surface area (Å²) >= 11 is 0. The first-order valence-electron chi connectivity index (χ1n) is 24.2. The summed E-state index contributed by atoms with van der Waals surface area (Å²) in [5, 5.41) is 0. The molecule has 1 saturated heterocycles. The molecule has 2 unspecified atom stereocenters. The highest BCUT2D eigenvalue weighted by atomic mass is 31.2. The lowest BCUT2D eigenvalue weighted by Crippen LogP contribution is -2.53. The van der Waals surface area contributed by atoms with Gasteiger partial charge in [0.15, 0.2) is 5.79 Å². The zero-order valence-corrected chi connectivity index (χ0v) is 38.2. The summed E-state index contributed by atoms with van der Waals surface area (Å²) in [6.45, 7) is 4.87. The number of phosphoric acid groups is 1. The molecule has 8 nitrogen and oxygen atoms in total. The van der Waals surface area contributed by atoms with Crippen molar-refractivity contribution in [1.82, 2.24) is 0 Å². The van der Waals surface area contributed by atoms with Crippen LogP contribution in [0.25, 0.3) is 0 Å². The van der Waals surface area contributed by atoms with Crippen LogP contribution in [0.5, 0.6) is 0 Å². The Labute approximate surface area is 356 Å². The molecule has 3 fully saturated rings. The Morgan fingerprint density at radius 1 is 0.586 bits per heavy atom. The van der Waals surface area contributed by atoms with Crippen molar-refractivity contribution in [2.45, 2.75) is 231 Å². The van der Waals surface area contributed by atoms with E-state index in [1.807, 2.05) is 0 Å². The number of allylic oxidation sites excluding steroid dienone is 8. The lowest BCUT2D eigenvalue weighted by atomic mass is 9.59. The van der Waals surface area contributed by atoms with E-state index in [1.165, 1.54) is 154 Å². The largest absolute Gasteiger partial charge is 0.472 e. The summed E-state index contributed by atoms with van der Waals surface area (Å²) in [6, 6.07) is 0. The number of nitrogens with two attached hydrogens (primary N) is 1. The zero-order valence-electron chi connectivity index (χ0n) is 37.3. The molecule has 0 amide bonds. The number of fused-ring (bicyclic) bond motifs is 1. The highest BCUT2D eigenvalue weighted by molar-refractivity contribution is 7.47. The molecule has 9 heteroatoms. The van der Waals surface area contributed by atoms with Crippen molar-refractivity contribution in [3.05, 3.63) is 48.6 Å². The van der Waals surface area contributed by atoms with E-state index in [1.54, 1.807) is 0 Å². The predicted octanol–water partition coefficient (Wildman–Crippen LogP) is 13.9. The molecule has 58 heavy (non-hydrogen) atoms. The third-order valence-electron chi connectivity index (χ3n) is 12.3. The minimum Gasteiger partial charge on any atom is -0.376 e. The fraction of sp³-hybridized carbons (Fsp3) is 0.837. The van der Waals surface area contributed by atoms with Crippen LogP contribution in [0.1, 0.15) is 206 Å². The van der Waals surface area contributed by atoms with Gasteiger partial charge in [-0.1, -0.05) is 152 Å². The van der Waals surface area contributed by atoms with Gasteiger partial charge in [-0.2, -0.15) is 0 Å². The van der Waals surface area contributed by atoms with Crippen molar-refractivity contribution in [2.75, 3.05) is 26.4 Å². The van der Waals surface area contributed by atoms with Crippen LogP contribution < -0.4 is 5.73 Å². The number of unbranched alkanes of at least 4 members (excludes halogenated alkanes) is 18. The van der Waals surface area contributed by atoms with Gasteiger partial charge in [0.05, 0.1) is 38.1 Å². The second-order valence-electron chi connectivity index (χ2n) is 17.6. The molecular weight excluding hydrogens is 746 g/mol. The molecule has 1 spiro atoms. The fourth-order valence-corrected chi connectivity index (χ4v) is 9.88. The Bertz CT molecular complexity index is 1120. The highest BCUT2D eigenvalue weighted by Crippen LogP contribution is 2.61. The zero-order chi connectivity index (χ0) is 41.5. The van der Waals surface area contributed by atoms with Crippen LogP contribution in [0.4, 0.5) is 0 Å². The van der Waals surface area contributed by atoms with Crippen LogP contribution in [0.3, 0.4) is 0 Å². The lowest BCUT2D eigenvalue weighted by molar-refractivity contribution is -0.283. The Morgan fingerprint density at radius 3 is 1.45 bits per heavy atom. The Morgan fingerprint density at radius 2 is 1.00 bits per heavy atom. The molecular formula is C49H88NO7P. The van der Waals surface area contributed by atoms with Crippen LogP contribution in [-0.2, 0) is 27.8 Å². The fourth-order valence-electron chi connectivity index (χ4n) is 9.17. The van der Waals surface area contributed by atoms with E-state index in [-0.39, 0.29) is 44.7 Å². The summed E-state index contributed by atoms with van der Waals surface area (Å²) in [6.07, 6.45) is 56.0. The topological polar surface area (TPSA) is 109 Å². The Balaban J connectivity index is 1.31. The van der Waals surface area contributed by atoms with Crippen LogP contribution in [-0.4, -0.2) is 55.4 Å². The molecule has 1 aliphatic heterocycles. The van der Waals surface area contributed by atoms with Gasteiger partial charge in [-0.15, -0.1) is 0 Å². The first-order chi connectivity index (χ1) is 28.3. The van der Waals surface area contributed by atoms with Crippen LogP contribution in [0.2, 0.25) is 0 Å². The van der Waals surface area contributed by atoms with E-state index in [4.69, 9.17) is 29.0 Å². The van der Waals surface area contributed by atoms with Crippen molar-refractivity contribution >= 4 is 7.82 Å². The normalized spacial score (nSPS) is 22.3. The molecule has 0 bridgehead atoms. The van der Waals surface area contributed by atoms with Gasteiger partial charge in [0.1, 0.15) is 0 Å². The maximum Gasteiger partial charge on any atom is 0.472 e. The minimum absolute atomic E-state index is 0.000358. The first kappa shape index (κ1) is 51.3. The molecule has 3 aliphatic rings. The van der Waals surface area contributed by atoms with Crippen molar-refractivity contribution in [3.8, 4) is 0 Å². The lowest BCUT2D eigenvalue weighted by Gasteiger charge is -2.54. The Kier molecular flexibility index (Phi) is 28.0. The summed E-state index contributed by atoms with van der Waals surface area (Å²) < 4.78 is 41.0. The van der Waals surface area contributed by atoms with E-state index >= 15 is 0 Å². The van der Waals surface area contributed by atoms with Crippen molar-refractivity contribution < 1.29 is 32.7 Å². The van der Waals surface area contributed by atoms with Crippen LogP contribution >= 0.6 is 7.82 Å². The van der Waals surface area contributed by atoms with Crippen molar-refractivity contribution in [3.63, 3.8) is 0 Å². The third kappa shape index (κ3) is 22.7. The monoisotopic (exact) mass is 834 g/mol. The van der Waals surface area contributed by atoms with Crippen molar-refractivity contribution in [1.29, 1.82) is 0 Å². The van der Waals surface area contributed by atoms with Gasteiger partial charge >= 0.3 is 7.82 Å². The predicted molar refractivity (Wildman–Crippen MR) is 242 cm³/mol. The maximum absolute atomic E-state index is 11.9. The van der Waals surface area contributed by atoms with Gasteiger partial charge in [-0.25, -0.2) is 4.57 Å². The molecule has 0 aromatic heterocycles. The average molecular weight is 834 g/mol. The quantitative estimate of drug-likeness (QED) is 0.0360. The summed E-state index contributed by atoms with van der Waals surface area (Å²) in [7, 11) is -4.08. The minimum atomic E-state index is -4.08. The number of hydrogen-bond donors (Lipinski definition) is 2. The Hall–Kier alpha value is -1.09. The molecule has 336 valence electrons. The molecule has 0 aromatic carbocycles. The van der Waals surface area contributed by atoms with Crippen LogP contribution in [0.15, 0.2) is 48.6 Å². The molecule has 0 aromatic rings. The molecule has 2 aliphatic carbocycles. The van der Waals surface area contributed by atoms with Crippen LogP contribution in [0, 0.1) is 5.41 Å². The highest BCUT2D eigenvalue weighted by Gasteiger charge is 2.62. The maximum atomic E-state index is 11.9. The van der Waals surface area contributed by atoms with Gasteiger partial charge in [-0.3, -0.25) is 9.05 Å². The second kappa shape index (κ2) is 31.7. The SMILES string of the molecule is CCCCC/C=C\C/C=C\CCCCCCCCC1(CCCCCCCC/C=C\C/C=C\CCCCC)CC2(C1)O[C@H]1CC(OCCOP(=O)(O)OCCN)C[C@H]1O2. The number of rotatable bonds is 38. The summed E-state index contributed by atoms with van der Waals surface area (Å²) in [5.41, 5.74) is 5.69. The smallest absolute Gasteiger partial charge is 0.376 e. The van der Waals surface area contributed by atoms with Gasteiger partial charge in [0, 0.05) is 32.2 Å². The summed E-state index contributed by atoms with van der Waals surface area (Å²) in [4.78, 5) is 9.69. The van der Waals surface area contributed by atoms with E-state index in [9.17, 15) is 9.46 Å². The molecule has 3 rings (SSSR count). The van der Waals surface area contributed by atoms with E-state index in [0.717, 1.165) is 38.5 Å². The molecule has 1 heterocycles. The van der Waals surface area contributed by atoms with E-state index in [2.05, 4.69) is 62.5 Å². The summed E-state index contributed by atoms with van der Waals surface area (Å²) in [5.74, 6) is -0.413. The molecule has 0 radical (unpaired) electrons. The molecule has 2 saturated carbocycles. The first-order valence-corrected chi connectivity index (χ1v) is 25.7. The average Bonchev–Trinajstić information content (AvgIpc) is 3.74.